The van der Waals surface area contributed by atoms with Crippen molar-refractivity contribution in [3.8, 4) is 0 Å². The summed E-state index contributed by atoms with van der Waals surface area (Å²) in [5, 5.41) is 0. The molecule has 4 heteroatoms. The van der Waals surface area contributed by atoms with Gasteiger partial charge in [-0.05, 0) is 39.3 Å². The highest BCUT2D eigenvalue weighted by Gasteiger charge is 2.31. The molecule has 1 fully saturated rings. The Hall–Kier alpha value is -1.13. The van der Waals surface area contributed by atoms with Crippen LogP contribution in [0.15, 0.2) is 18.3 Å². The van der Waals surface area contributed by atoms with Gasteiger partial charge in [-0.1, -0.05) is 6.92 Å². The SMILES string of the molecule is CCC(N)c1ccc(N2CC(C)OC(C)(C)C2)cn1. The van der Waals surface area contributed by atoms with Gasteiger partial charge in [-0.25, -0.2) is 0 Å². The van der Waals surface area contributed by atoms with Crippen LogP contribution in [-0.2, 0) is 4.74 Å². The normalized spacial score (nSPS) is 24.3. The van der Waals surface area contributed by atoms with Crippen LogP contribution in [0.3, 0.4) is 0 Å². The van der Waals surface area contributed by atoms with Crippen molar-refractivity contribution in [3.63, 3.8) is 0 Å². The summed E-state index contributed by atoms with van der Waals surface area (Å²) in [7, 11) is 0. The Labute approximate surface area is 116 Å². The molecule has 1 aliphatic heterocycles. The van der Waals surface area contributed by atoms with Crippen LogP contribution in [0.25, 0.3) is 0 Å². The van der Waals surface area contributed by atoms with Crippen LogP contribution >= 0.6 is 0 Å². The second-order valence-electron chi connectivity index (χ2n) is 6.02. The molecule has 106 valence electrons. The fourth-order valence-corrected chi connectivity index (χ4v) is 2.66. The van der Waals surface area contributed by atoms with E-state index in [0.29, 0.717) is 0 Å². The predicted molar refractivity (Wildman–Crippen MR) is 78.3 cm³/mol. The zero-order valence-electron chi connectivity index (χ0n) is 12.4. The van der Waals surface area contributed by atoms with Gasteiger partial charge in [0, 0.05) is 19.1 Å². The molecule has 4 nitrogen and oxygen atoms in total. The van der Waals surface area contributed by atoms with Gasteiger partial charge >= 0.3 is 0 Å². The topological polar surface area (TPSA) is 51.4 Å². The third-order valence-electron chi connectivity index (χ3n) is 3.52. The maximum absolute atomic E-state index is 5.99. The van der Waals surface area contributed by atoms with Crippen LogP contribution in [0.1, 0.15) is 45.9 Å². The lowest BCUT2D eigenvalue weighted by Crippen LogP contribution is -2.52. The molecule has 1 aromatic rings. The Bertz CT molecular complexity index is 416. The lowest BCUT2D eigenvalue weighted by atomic mass is 10.0. The summed E-state index contributed by atoms with van der Waals surface area (Å²) < 4.78 is 5.92. The highest BCUT2D eigenvalue weighted by Crippen LogP contribution is 2.26. The van der Waals surface area contributed by atoms with E-state index in [0.717, 1.165) is 30.9 Å². The van der Waals surface area contributed by atoms with E-state index in [1.54, 1.807) is 0 Å². The van der Waals surface area contributed by atoms with E-state index >= 15 is 0 Å². The van der Waals surface area contributed by atoms with Crippen molar-refractivity contribution < 1.29 is 4.74 Å². The minimum absolute atomic E-state index is 0.0362. The summed E-state index contributed by atoms with van der Waals surface area (Å²) in [6, 6.07) is 4.19. The number of aromatic nitrogens is 1. The molecule has 0 spiro atoms. The summed E-state index contributed by atoms with van der Waals surface area (Å²) in [6.45, 7) is 10.2. The van der Waals surface area contributed by atoms with Crippen molar-refractivity contribution in [2.45, 2.75) is 51.9 Å². The number of anilines is 1. The Morgan fingerprint density at radius 3 is 2.79 bits per heavy atom. The average Bonchev–Trinajstić information content (AvgIpc) is 2.35. The van der Waals surface area contributed by atoms with Gasteiger partial charge in [-0.2, -0.15) is 0 Å². The quantitative estimate of drug-likeness (QED) is 0.910. The summed E-state index contributed by atoms with van der Waals surface area (Å²) >= 11 is 0. The van der Waals surface area contributed by atoms with E-state index in [1.165, 1.54) is 0 Å². The van der Waals surface area contributed by atoms with Crippen LogP contribution in [-0.4, -0.2) is 29.8 Å². The molecule has 0 radical (unpaired) electrons. The summed E-state index contributed by atoms with van der Waals surface area (Å²) in [4.78, 5) is 6.83. The molecular weight excluding hydrogens is 238 g/mol. The van der Waals surface area contributed by atoms with E-state index in [4.69, 9.17) is 10.5 Å². The van der Waals surface area contributed by atoms with Gasteiger partial charge in [-0.3, -0.25) is 4.98 Å². The monoisotopic (exact) mass is 263 g/mol. The highest BCUT2D eigenvalue weighted by molar-refractivity contribution is 5.46. The van der Waals surface area contributed by atoms with E-state index in [2.05, 4.69) is 43.6 Å². The smallest absolute Gasteiger partial charge is 0.0805 e. The van der Waals surface area contributed by atoms with Gasteiger partial charge < -0.3 is 15.4 Å². The number of hydrogen-bond acceptors (Lipinski definition) is 4. The van der Waals surface area contributed by atoms with Crippen LogP contribution in [0.2, 0.25) is 0 Å². The molecule has 2 rings (SSSR count). The van der Waals surface area contributed by atoms with Gasteiger partial charge in [-0.15, -0.1) is 0 Å². The van der Waals surface area contributed by atoms with Crippen molar-refractivity contribution in [3.05, 3.63) is 24.0 Å². The number of pyridine rings is 1. The van der Waals surface area contributed by atoms with Gasteiger partial charge in [0.25, 0.3) is 0 Å². The molecule has 2 unspecified atom stereocenters. The zero-order chi connectivity index (χ0) is 14.0. The third-order valence-corrected chi connectivity index (χ3v) is 3.52. The van der Waals surface area contributed by atoms with Crippen molar-refractivity contribution >= 4 is 5.69 Å². The van der Waals surface area contributed by atoms with Gasteiger partial charge in [0.15, 0.2) is 0 Å². The molecule has 0 aliphatic carbocycles. The van der Waals surface area contributed by atoms with Gasteiger partial charge in [0.2, 0.25) is 0 Å². The van der Waals surface area contributed by atoms with Crippen LogP contribution < -0.4 is 10.6 Å². The Morgan fingerprint density at radius 2 is 2.26 bits per heavy atom. The third kappa shape index (κ3) is 3.45. The molecule has 0 bridgehead atoms. The number of nitrogens with zero attached hydrogens (tertiary/aromatic N) is 2. The molecule has 19 heavy (non-hydrogen) atoms. The molecule has 2 heterocycles. The molecule has 1 aromatic heterocycles. The molecule has 2 atom stereocenters. The molecule has 0 amide bonds. The van der Waals surface area contributed by atoms with Crippen molar-refractivity contribution in [1.82, 2.24) is 4.98 Å². The fraction of sp³-hybridized carbons (Fsp3) is 0.667. The minimum Gasteiger partial charge on any atom is -0.369 e. The second kappa shape index (κ2) is 5.47. The first-order valence-electron chi connectivity index (χ1n) is 7.05. The average molecular weight is 263 g/mol. The van der Waals surface area contributed by atoms with Crippen LogP contribution in [0, 0.1) is 0 Å². The maximum Gasteiger partial charge on any atom is 0.0805 e. The largest absolute Gasteiger partial charge is 0.369 e. The first-order chi connectivity index (χ1) is 8.91. The maximum atomic E-state index is 5.99. The lowest BCUT2D eigenvalue weighted by molar-refractivity contribution is -0.0749. The fourth-order valence-electron chi connectivity index (χ4n) is 2.66. The molecular formula is C15H25N3O. The van der Waals surface area contributed by atoms with E-state index in [9.17, 15) is 0 Å². The standard InChI is InChI=1S/C15H25N3O/c1-5-13(16)14-7-6-12(8-17-14)18-9-11(2)19-15(3,4)10-18/h6-8,11,13H,5,9-10,16H2,1-4H3. The summed E-state index contributed by atoms with van der Waals surface area (Å²) in [5.41, 5.74) is 7.99. The highest BCUT2D eigenvalue weighted by atomic mass is 16.5. The first-order valence-corrected chi connectivity index (χ1v) is 7.05. The van der Waals surface area contributed by atoms with E-state index in [1.807, 2.05) is 12.3 Å². The van der Waals surface area contributed by atoms with Crippen LogP contribution in [0.5, 0.6) is 0 Å². The molecule has 2 N–H and O–H groups in total. The van der Waals surface area contributed by atoms with Crippen molar-refractivity contribution in [1.29, 1.82) is 0 Å². The molecule has 1 aliphatic rings. The first kappa shape index (κ1) is 14.3. The van der Waals surface area contributed by atoms with E-state index < -0.39 is 0 Å². The number of hydrogen-bond donors (Lipinski definition) is 1. The number of morpholine rings is 1. The predicted octanol–water partition coefficient (Wildman–Crippen LogP) is 2.50. The Kier molecular flexibility index (Phi) is 4.11. The van der Waals surface area contributed by atoms with Crippen molar-refractivity contribution in [2.75, 3.05) is 18.0 Å². The minimum atomic E-state index is -0.115. The lowest BCUT2D eigenvalue weighted by Gasteiger charge is -2.42. The zero-order valence-corrected chi connectivity index (χ0v) is 12.4. The van der Waals surface area contributed by atoms with Gasteiger partial charge in [0.1, 0.15) is 0 Å². The Balaban J connectivity index is 2.13. The van der Waals surface area contributed by atoms with E-state index in [-0.39, 0.29) is 17.7 Å². The molecule has 0 saturated carbocycles. The Morgan fingerprint density at radius 1 is 1.53 bits per heavy atom. The number of rotatable bonds is 3. The van der Waals surface area contributed by atoms with Crippen molar-refractivity contribution in [2.24, 2.45) is 5.73 Å². The number of nitrogens with two attached hydrogens (primary N) is 1. The second-order valence-corrected chi connectivity index (χ2v) is 6.02. The number of ether oxygens (including phenoxy) is 1. The van der Waals surface area contributed by atoms with Gasteiger partial charge in [0.05, 0.1) is 29.3 Å². The molecule has 1 saturated heterocycles. The summed E-state index contributed by atoms with van der Waals surface area (Å²) in [5.74, 6) is 0. The summed E-state index contributed by atoms with van der Waals surface area (Å²) in [6.07, 6.45) is 3.08. The van der Waals surface area contributed by atoms with Crippen LogP contribution in [0.4, 0.5) is 5.69 Å². The molecule has 0 aromatic carbocycles.